The topological polar surface area (TPSA) is 43.1 Å². The van der Waals surface area contributed by atoms with Gasteiger partial charge in [0.25, 0.3) is 11.5 Å². The van der Waals surface area contributed by atoms with Crippen LogP contribution in [0.15, 0.2) is 53.0 Å². The van der Waals surface area contributed by atoms with Crippen molar-refractivity contribution >= 4 is 33.1 Å². The summed E-state index contributed by atoms with van der Waals surface area (Å²) in [5.74, 6) is -0.229. The molecule has 0 spiro atoms. The minimum absolute atomic E-state index is 0.170. The molecule has 0 unspecified atom stereocenters. The summed E-state index contributed by atoms with van der Waals surface area (Å²) in [6.45, 7) is 0. The summed E-state index contributed by atoms with van der Waals surface area (Å²) in [6.07, 6.45) is 0. The number of rotatable bonds is 1. The van der Waals surface area contributed by atoms with E-state index in [0.29, 0.717) is 21.6 Å². The van der Waals surface area contributed by atoms with E-state index in [1.807, 2.05) is 12.1 Å². The number of para-hydroxylation sites is 1. The number of fused-ring (bicyclic) bond motifs is 1. The van der Waals surface area contributed by atoms with E-state index in [-0.39, 0.29) is 11.5 Å². The number of halogens is 1. The first-order valence-corrected chi connectivity index (χ1v) is 6.22. The second-order valence-electron chi connectivity index (χ2n) is 3.97. The van der Waals surface area contributed by atoms with Crippen LogP contribution < -0.4 is 0 Å². The minimum Gasteiger partial charge on any atom is -0.618 e. The number of nitrogens with zero attached hydrogens (tertiary/aromatic N) is 1. The first-order chi connectivity index (χ1) is 8.70. The predicted molar refractivity (Wildman–Crippen MR) is 72.3 cm³/mol. The molecular formula is C14H8BrNO2. The fraction of sp³-hybridized carbons (Fsp3) is 0. The molecule has 0 saturated carbocycles. The van der Waals surface area contributed by atoms with Crippen LogP contribution >= 0.6 is 15.9 Å². The highest BCUT2D eigenvalue weighted by molar-refractivity contribution is 9.10. The average Bonchev–Trinajstić information content (AvgIpc) is 2.64. The Kier molecular flexibility index (Phi) is 2.52. The zero-order valence-corrected chi connectivity index (χ0v) is 10.8. The summed E-state index contributed by atoms with van der Waals surface area (Å²) in [4.78, 5) is 12.3. The van der Waals surface area contributed by atoms with E-state index >= 15 is 0 Å². The van der Waals surface area contributed by atoms with Crippen LogP contribution in [0.4, 0.5) is 5.69 Å². The summed E-state index contributed by atoms with van der Waals surface area (Å²) in [5.41, 5.74) is 1.66. The number of carbonyl (C=O) groups excluding carboxylic acids is 1. The van der Waals surface area contributed by atoms with Gasteiger partial charge in [-0.1, -0.05) is 24.3 Å². The van der Waals surface area contributed by atoms with Gasteiger partial charge in [-0.25, -0.2) is 0 Å². The highest BCUT2D eigenvalue weighted by atomic mass is 79.9. The van der Waals surface area contributed by atoms with Gasteiger partial charge in [-0.15, -0.1) is 0 Å². The lowest BCUT2D eigenvalue weighted by Gasteiger charge is -2.03. The molecular weight excluding hydrogens is 294 g/mol. The van der Waals surface area contributed by atoms with Crippen LogP contribution in [0.5, 0.6) is 0 Å². The molecule has 1 heterocycles. The fourth-order valence-electron chi connectivity index (χ4n) is 2.07. The monoisotopic (exact) mass is 301 g/mol. The standard InChI is InChI=1S/C14H8BrNO2/c15-11-7-3-1-5-9(11)13-14(17)10-6-2-4-8-12(10)16(13)18/h1-8H. The van der Waals surface area contributed by atoms with Crippen molar-refractivity contribution in [2.75, 3.05) is 0 Å². The highest BCUT2D eigenvalue weighted by Gasteiger charge is 2.36. The quantitative estimate of drug-likeness (QED) is 0.599. The van der Waals surface area contributed by atoms with Gasteiger partial charge in [0.2, 0.25) is 5.69 Å². The lowest BCUT2D eigenvalue weighted by atomic mass is 10.0. The van der Waals surface area contributed by atoms with Gasteiger partial charge in [0.1, 0.15) is 5.56 Å². The van der Waals surface area contributed by atoms with Crippen molar-refractivity contribution in [1.29, 1.82) is 0 Å². The molecule has 0 N–H and O–H groups in total. The second-order valence-corrected chi connectivity index (χ2v) is 4.82. The van der Waals surface area contributed by atoms with Crippen molar-refractivity contribution in [3.05, 3.63) is 69.3 Å². The van der Waals surface area contributed by atoms with Crippen molar-refractivity contribution in [2.24, 2.45) is 0 Å². The smallest absolute Gasteiger partial charge is 0.274 e. The molecule has 1 aliphatic heterocycles. The lowest BCUT2D eigenvalue weighted by molar-refractivity contribution is -0.355. The maximum Gasteiger partial charge on any atom is 0.274 e. The van der Waals surface area contributed by atoms with Crippen molar-refractivity contribution in [3.63, 3.8) is 0 Å². The average molecular weight is 302 g/mol. The Morgan fingerprint density at radius 1 is 0.944 bits per heavy atom. The van der Waals surface area contributed by atoms with E-state index < -0.39 is 0 Å². The zero-order valence-electron chi connectivity index (χ0n) is 9.26. The predicted octanol–water partition coefficient (Wildman–Crippen LogP) is 3.28. The molecule has 0 atom stereocenters. The molecule has 2 aromatic carbocycles. The van der Waals surface area contributed by atoms with E-state index in [4.69, 9.17) is 0 Å². The van der Waals surface area contributed by atoms with Gasteiger partial charge in [0.05, 0.1) is 5.56 Å². The second kappa shape index (κ2) is 4.07. The molecule has 4 heteroatoms. The van der Waals surface area contributed by atoms with Gasteiger partial charge in [-0.05, 0) is 34.1 Å². The molecule has 3 rings (SSSR count). The van der Waals surface area contributed by atoms with Gasteiger partial charge in [0.15, 0.2) is 0 Å². The molecule has 0 amide bonds. The normalized spacial score (nSPS) is 13.9. The molecule has 1 aliphatic rings. The van der Waals surface area contributed by atoms with Gasteiger partial charge < -0.3 is 5.21 Å². The third kappa shape index (κ3) is 1.49. The first-order valence-electron chi connectivity index (χ1n) is 5.43. The van der Waals surface area contributed by atoms with Crippen molar-refractivity contribution < 1.29 is 9.53 Å². The van der Waals surface area contributed by atoms with Crippen LogP contribution in [0.1, 0.15) is 15.9 Å². The molecule has 0 bridgehead atoms. The Morgan fingerprint density at radius 2 is 1.56 bits per heavy atom. The zero-order chi connectivity index (χ0) is 12.7. The Morgan fingerprint density at radius 3 is 2.22 bits per heavy atom. The van der Waals surface area contributed by atoms with Gasteiger partial charge in [-0.2, -0.15) is 4.74 Å². The number of benzene rings is 2. The van der Waals surface area contributed by atoms with Crippen molar-refractivity contribution in [3.8, 4) is 0 Å². The van der Waals surface area contributed by atoms with E-state index in [9.17, 15) is 10.0 Å². The number of hydrogen-bond acceptors (Lipinski definition) is 2. The van der Waals surface area contributed by atoms with Crippen LogP contribution in [0.25, 0.3) is 0 Å². The molecule has 0 saturated heterocycles. The van der Waals surface area contributed by atoms with Crippen molar-refractivity contribution in [2.45, 2.75) is 0 Å². The van der Waals surface area contributed by atoms with Crippen LogP contribution in [0.2, 0.25) is 0 Å². The summed E-state index contributed by atoms with van der Waals surface area (Å²) in [7, 11) is 0. The molecule has 88 valence electrons. The summed E-state index contributed by atoms with van der Waals surface area (Å²) >= 11 is 3.37. The van der Waals surface area contributed by atoms with E-state index in [1.165, 1.54) is 0 Å². The third-order valence-electron chi connectivity index (χ3n) is 2.91. The van der Waals surface area contributed by atoms with Crippen LogP contribution in [0, 0.1) is 5.21 Å². The highest BCUT2D eigenvalue weighted by Crippen LogP contribution is 2.29. The Labute approximate surface area is 112 Å². The largest absolute Gasteiger partial charge is 0.618 e. The van der Waals surface area contributed by atoms with E-state index in [2.05, 4.69) is 15.9 Å². The van der Waals surface area contributed by atoms with Crippen LogP contribution in [-0.4, -0.2) is 16.2 Å². The molecule has 3 nitrogen and oxygen atoms in total. The minimum atomic E-state index is -0.229. The van der Waals surface area contributed by atoms with E-state index in [1.54, 1.807) is 36.4 Å². The number of ketones is 1. The molecule has 0 radical (unpaired) electrons. The number of hydrogen-bond donors (Lipinski definition) is 0. The fourth-order valence-corrected chi connectivity index (χ4v) is 2.54. The molecule has 2 aromatic rings. The Hall–Kier alpha value is -1.94. The maximum atomic E-state index is 12.3. The maximum absolute atomic E-state index is 12.3. The SMILES string of the molecule is O=C1C(c2ccccc2Br)=[N+]([O-])c2ccccc21. The summed E-state index contributed by atoms with van der Waals surface area (Å²) in [6, 6.07) is 14.1. The first kappa shape index (κ1) is 11.2. The molecule has 0 fully saturated rings. The van der Waals surface area contributed by atoms with Crippen molar-refractivity contribution in [1.82, 2.24) is 0 Å². The molecule has 0 aliphatic carbocycles. The van der Waals surface area contributed by atoms with Gasteiger partial charge in [-0.3, -0.25) is 4.79 Å². The molecule has 18 heavy (non-hydrogen) atoms. The van der Waals surface area contributed by atoms with Gasteiger partial charge in [0, 0.05) is 10.5 Å². The van der Waals surface area contributed by atoms with E-state index in [0.717, 1.165) is 4.47 Å². The Bertz CT molecular complexity index is 692. The molecule has 0 aromatic heterocycles. The third-order valence-corrected chi connectivity index (χ3v) is 3.61. The summed E-state index contributed by atoms with van der Waals surface area (Å²) < 4.78 is 1.44. The lowest BCUT2D eigenvalue weighted by Crippen LogP contribution is -2.17. The number of carbonyl (C=O) groups is 1. The Balaban J connectivity index is 2.25. The number of Topliss-reactive ketones (excluding diaryl/α,β-unsaturated/α-hetero) is 1. The van der Waals surface area contributed by atoms with Gasteiger partial charge >= 0.3 is 0 Å². The van der Waals surface area contributed by atoms with Crippen LogP contribution in [0.3, 0.4) is 0 Å². The van der Waals surface area contributed by atoms with Crippen LogP contribution in [-0.2, 0) is 0 Å². The summed E-state index contributed by atoms with van der Waals surface area (Å²) in [5, 5.41) is 12.2.